The van der Waals surface area contributed by atoms with E-state index in [0.717, 1.165) is 25.1 Å². The van der Waals surface area contributed by atoms with Gasteiger partial charge in [-0.15, -0.1) is 0 Å². The van der Waals surface area contributed by atoms with E-state index >= 15 is 0 Å². The Hall–Kier alpha value is -0.970. The third kappa shape index (κ3) is 2.98. The molecule has 3 unspecified atom stereocenters. The number of fused-ring (bicyclic) bond motifs is 1. The third-order valence-corrected chi connectivity index (χ3v) is 5.11. The van der Waals surface area contributed by atoms with Crippen LogP contribution < -0.4 is 5.73 Å². The van der Waals surface area contributed by atoms with Gasteiger partial charge < -0.3 is 10.5 Å². The molecule has 1 saturated carbocycles. The molecule has 4 heteroatoms. The van der Waals surface area contributed by atoms with E-state index in [-0.39, 0.29) is 11.4 Å². The molecule has 3 atom stereocenters. The van der Waals surface area contributed by atoms with E-state index in [1.54, 1.807) is 0 Å². The Morgan fingerprint density at radius 2 is 2.10 bits per heavy atom. The van der Waals surface area contributed by atoms with Crippen LogP contribution in [0.5, 0.6) is 0 Å². The van der Waals surface area contributed by atoms with Crippen molar-refractivity contribution in [2.75, 3.05) is 19.7 Å². The molecule has 1 aliphatic heterocycles. The Kier molecular flexibility index (Phi) is 4.29. The van der Waals surface area contributed by atoms with E-state index in [0.29, 0.717) is 18.7 Å². The fourth-order valence-electron chi connectivity index (χ4n) is 3.93. The summed E-state index contributed by atoms with van der Waals surface area (Å²) in [7, 11) is 0. The van der Waals surface area contributed by atoms with E-state index in [2.05, 4.69) is 11.8 Å². The monoisotopic (exact) mass is 292 g/mol. The van der Waals surface area contributed by atoms with Crippen molar-refractivity contribution in [1.82, 2.24) is 4.90 Å². The minimum absolute atomic E-state index is 0.0884. The first-order valence-electron chi connectivity index (χ1n) is 7.95. The zero-order valence-corrected chi connectivity index (χ0v) is 12.7. The van der Waals surface area contributed by atoms with E-state index in [1.807, 2.05) is 12.1 Å². The Bertz CT molecular complexity index is 478. The maximum absolute atomic E-state index is 13.1. The van der Waals surface area contributed by atoms with Gasteiger partial charge in [0.25, 0.3) is 0 Å². The van der Waals surface area contributed by atoms with Crippen LogP contribution in [0, 0.1) is 5.82 Å². The molecule has 0 amide bonds. The SMILES string of the molecule is CC(CN)(Cc1ccc(F)cc1)N1CCOC2CCCC21. The van der Waals surface area contributed by atoms with Gasteiger partial charge in [0.15, 0.2) is 0 Å². The maximum atomic E-state index is 13.1. The molecule has 0 aromatic heterocycles. The molecule has 3 nitrogen and oxygen atoms in total. The van der Waals surface area contributed by atoms with Gasteiger partial charge in [0.2, 0.25) is 0 Å². The fourth-order valence-corrected chi connectivity index (χ4v) is 3.93. The number of ether oxygens (including phenoxy) is 1. The second-order valence-corrected chi connectivity index (χ2v) is 6.61. The molecule has 1 saturated heterocycles. The van der Waals surface area contributed by atoms with Crippen molar-refractivity contribution >= 4 is 0 Å². The van der Waals surface area contributed by atoms with Crippen LogP contribution in [0.25, 0.3) is 0 Å². The molecule has 1 aliphatic carbocycles. The van der Waals surface area contributed by atoms with Gasteiger partial charge in [0.05, 0.1) is 12.7 Å². The maximum Gasteiger partial charge on any atom is 0.123 e. The number of halogens is 1. The quantitative estimate of drug-likeness (QED) is 0.926. The Morgan fingerprint density at radius 3 is 2.81 bits per heavy atom. The standard InChI is InChI=1S/C17H25FN2O/c1-17(12-19,11-13-5-7-14(18)8-6-13)20-9-10-21-16-4-2-3-15(16)20/h5-8,15-16H,2-4,9-12,19H2,1H3. The molecular formula is C17H25FN2O. The zero-order valence-electron chi connectivity index (χ0n) is 12.7. The lowest BCUT2D eigenvalue weighted by molar-refractivity contribution is -0.0932. The summed E-state index contributed by atoms with van der Waals surface area (Å²) in [6.45, 7) is 4.57. The molecule has 0 bridgehead atoms. The predicted octanol–water partition coefficient (Wildman–Crippen LogP) is 2.34. The minimum atomic E-state index is -0.185. The van der Waals surface area contributed by atoms with E-state index in [1.165, 1.54) is 31.4 Å². The van der Waals surface area contributed by atoms with Crippen LogP contribution in [0.4, 0.5) is 4.39 Å². The summed E-state index contributed by atoms with van der Waals surface area (Å²) < 4.78 is 19.0. The molecular weight excluding hydrogens is 267 g/mol. The smallest absolute Gasteiger partial charge is 0.123 e. The van der Waals surface area contributed by atoms with Crippen molar-refractivity contribution in [3.8, 4) is 0 Å². The fraction of sp³-hybridized carbons (Fsp3) is 0.647. The average molecular weight is 292 g/mol. The highest BCUT2D eigenvalue weighted by molar-refractivity contribution is 5.19. The Balaban J connectivity index is 1.79. The van der Waals surface area contributed by atoms with Crippen molar-refractivity contribution in [2.45, 2.75) is 50.3 Å². The van der Waals surface area contributed by atoms with Gasteiger partial charge in [-0.2, -0.15) is 0 Å². The molecule has 1 heterocycles. The first kappa shape index (κ1) is 14.9. The van der Waals surface area contributed by atoms with Crippen molar-refractivity contribution in [1.29, 1.82) is 0 Å². The number of rotatable bonds is 4. The highest BCUT2D eigenvalue weighted by Crippen LogP contribution is 2.35. The van der Waals surface area contributed by atoms with Crippen molar-refractivity contribution in [3.05, 3.63) is 35.6 Å². The summed E-state index contributed by atoms with van der Waals surface area (Å²) in [6.07, 6.45) is 4.83. The highest BCUT2D eigenvalue weighted by atomic mass is 19.1. The third-order valence-electron chi connectivity index (χ3n) is 5.11. The summed E-state index contributed by atoms with van der Waals surface area (Å²) in [5.41, 5.74) is 7.20. The first-order valence-corrected chi connectivity index (χ1v) is 7.95. The average Bonchev–Trinajstić information content (AvgIpc) is 2.98. The van der Waals surface area contributed by atoms with Crippen LogP contribution in [0.3, 0.4) is 0 Å². The van der Waals surface area contributed by atoms with Crippen LogP contribution in [0.15, 0.2) is 24.3 Å². The van der Waals surface area contributed by atoms with E-state index < -0.39 is 0 Å². The summed E-state index contributed by atoms with van der Waals surface area (Å²) >= 11 is 0. The van der Waals surface area contributed by atoms with Crippen molar-refractivity contribution in [2.24, 2.45) is 5.73 Å². The molecule has 2 N–H and O–H groups in total. The van der Waals surface area contributed by atoms with Crippen LogP contribution >= 0.6 is 0 Å². The lowest BCUT2D eigenvalue weighted by Crippen LogP contribution is -2.62. The van der Waals surface area contributed by atoms with Crippen LogP contribution in [-0.4, -0.2) is 42.3 Å². The molecule has 116 valence electrons. The molecule has 0 spiro atoms. The van der Waals surface area contributed by atoms with Crippen LogP contribution in [0.2, 0.25) is 0 Å². The summed E-state index contributed by atoms with van der Waals surface area (Å²) in [4.78, 5) is 2.55. The Morgan fingerprint density at radius 1 is 1.33 bits per heavy atom. The zero-order chi connectivity index (χ0) is 14.9. The number of nitrogens with zero attached hydrogens (tertiary/aromatic N) is 1. The summed E-state index contributed by atoms with van der Waals surface area (Å²) in [5, 5.41) is 0. The van der Waals surface area contributed by atoms with Crippen LogP contribution in [0.1, 0.15) is 31.7 Å². The van der Waals surface area contributed by atoms with Gasteiger partial charge in [0, 0.05) is 24.7 Å². The molecule has 0 radical (unpaired) electrons. The molecule has 3 rings (SSSR count). The van der Waals surface area contributed by atoms with Crippen molar-refractivity contribution in [3.63, 3.8) is 0 Å². The lowest BCUT2D eigenvalue weighted by atomic mass is 9.88. The molecule has 2 aliphatic rings. The van der Waals surface area contributed by atoms with E-state index in [4.69, 9.17) is 10.5 Å². The lowest BCUT2D eigenvalue weighted by Gasteiger charge is -2.49. The predicted molar refractivity (Wildman–Crippen MR) is 81.6 cm³/mol. The molecule has 2 fully saturated rings. The summed E-state index contributed by atoms with van der Waals surface area (Å²) in [5.74, 6) is -0.185. The second-order valence-electron chi connectivity index (χ2n) is 6.61. The highest BCUT2D eigenvalue weighted by Gasteiger charge is 2.43. The minimum Gasteiger partial charge on any atom is -0.375 e. The topological polar surface area (TPSA) is 38.5 Å². The van der Waals surface area contributed by atoms with Gasteiger partial charge in [-0.1, -0.05) is 12.1 Å². The van der Waals surface area contributed by atoms with Gasteiger partial charge >= 0.3 is 0 Å². The first-order chi connectivity index (χ1) is 10.1. The molecule has 1 aromatic rings. The number of benzene rings is 1. The molecule has 1 aromatic carbocycles. The van der Waals surface area contributed by atoms with Crippen LogP contribution in [-0.2, 0) is 11.2 Å². The number of hydrogen-bond acceptors (Lipinski definition) is 3. The van der Waals surface area contributed by atoms with Gasteiger partial charge in [0.1, 0.15) is 5.82 Å². The Labute approximate surface area is 126 Å². The van der Waals surface area contributed by atoms with Crippen molar-refractivity contribution < 1.29 is 9.13 Å². The second kappa shape index (κ2) is 6.03. The van der Waals surface area contributed by atoms with Gasteiger partial charge in [-0.3, -0.25) is 4.90 Å². The van der Waals surface area contributed by atoms with Gasteiger partial charge in [-0.05, 0) is 50.3 Å². The van der Waals surface area contributed by atoms with E-state index in [9.17, 15) is 4.39 Å². The summed E-state index contributed by atoms with van der Waals surface area (Å²) in [6, 6.07) is 7.30. The molecule has 21 heavy (non-hydrogen) atoms. The van der Waals surface area contributed by atoms with Gasteiger partial charge in [-0.25, -0.2) is 4.39 Å². The normalized spacial score (nSPS) is 29.1. The number of hydrogen-bond donors (Lipinski definition) is 1. The number of nitrogens with two attached hydrogens (primary N) is 1. The largest absolute Gasteiger partial charge is 0.375 e. The number of morpholine rings is 1.